The smallest absolute Gasteiger partial charge is 0.364 e. The van der Waals surface area contributed by atoms with E-state index in [-0.39, 0.29) is 23.9 Å². The molecule has 1 atom stereocenters. The Bertz CT molecular complexity index is 488. The molecule has 0 radical (unpaired) electrons. The van der Waals surface area contributed by atoms with Gasteiger partial charge in [0.05, 0.1) is 0 Å². The number of nitrogens with two attached hydrogens (primary N) is 1. The van der Waals surface area contributed by atoms with Crippen molar-refractivity contribution < 1.29 is 17.9 Å². The van der Waals surface area contributed by atoms with Gasteiger partial charge in [0.2, 0.25) is 0 Å². The van der Waals surface area contributed by atoms with E-state index in [9.17, 15) is 13.2 Å². The minimum atomic E-state index is -4.33. The molecule has 0 spiro atoms. The Morgan fingerprint density at radius 2 is 2.15 bits per heavy atom. The van der Waals surface area contributed by atoms with E-state index in [1.54, 1.807) is 6.20 Å². The third-order valence-electron chi connectivity index (χ3n) is 3.26. The first kappa shape index (κ1) is 15.2. The summed E-state index contributed by atoms with van der Waals surface area (Å²) in [6.45, 7) is 2.65. The summed E-state index contributed by atoms with van der Waals surface area (Å²) in [4.78, 5) is 8.32. The summed E-state index contributed by atoms with van der Waals surface area (Å²) in [5.41, 5.74) is 7.79. The molecule has 2 rings (SSSR count). The number of aromatic nitrogens is 2. The van der Waals surface area contributed by atoms with Crippen LogP contribution in [0.25, 0.3) is 0 Å². The lowest BCUT2D eigenvalue weighted by Crippen LogP contribution is -2.31. The molecule has 1 aromatic rings. The van der Waals surface area contributed by atoms with Crippen LogP contribution in [0.15, 0.2) is 6.20 Å². The van der Waals surface area contributed by atoms with Crippen LogP contribution in [0, 0.1) is 5.41 Å². The number of rotatable bonds is 3. The largest absolute Gasteiger partial charge is 0.411 e. The first-order valence-electron chi connectivity index (χ1n) is 6.41. The zero-order valence-corrected chi connectivity index (χ0v) is 11.5. The molecular formula is C13H18F3N3O. The average molecular weight is 289 g/mol. The Balaban J connectivity index is 2.08. The maximum atomic E-state index is 12.0. The van der Waals surface area contributed by atoms with E-state index in [0.717, 1.165) is 24.1 Å². The lowest BCUT2D eigenvalue weighted by molar-refractivity contribution is -0.177. The topological polar surface area (TPSA) is 61.0 Å². The van der Waals surface area contributed by atoms with Crippen LogP contribution in [0.5, 0.6) is 0 Å². The molecule has 0 aromatic carbocycles. The summed E-state index contributed by atoms with van der Waals surface area (Å²) >= 11 is 0. The van der Waals surface area contributed by atoms with Crippen molar-refractivity contribution in [3.05, 3.63) is 23.3 Å². The second-order valence-electron chi connectivity index (χ2n) is 5.95. The molecule has 0 fully saturated rings. The zero-order valence-electron chi connectivity index (χ0n) is 11.5. The van der Waals surface area contributed by atoms with Gasteiger partial charge in [0, 0.05) is 23.5 Å². The highest BCUT2D eigenvalue weighted by molar-refractivity contribution is 5.26. The van der Waals surface area contributed by atoms with Crippen LogP contribution in [0.2, 0.25) is 0 Å². The molecule has 1 aliphatic carbocycles. The molecule has 1 aromatic heterocycles. The van der Waals surface area contributed by atoms with Gasteiger partial charge in [-0.1, -0.05) is 13.8 Å². The van der Waals surface area contributed by atoms with Gasteiger partial charge in [0.1, 0.15) is 13.2 Å². The van der Waals surface area contributed by atoms with Crippen molar-refractivity contribution in [2.45, 2.75) is 45.5 Å². The Kier molecular flexibility index (Phi) is 4.02. The number of hydrogen-bond acceptors (Lipinski definition) is 4. The lowest BCUT2D eigenvalue weighted by atomic mass is 9.74. The molecule has 1 heterocycles. The molecule has 4 nitrogen and oxygen atoms in total. The maximum absolute atomic E-state index is 12.0. The number of hydrogen-bond donors (Lipinski definition) is 1. The van der Waals surface area contributed by atoms with E-state index >= 15 is 0 Å². The standard InChI is InChI=1S/C13H18F3N3O/c1-12(2)3-9(17)8-5-18-11(19-10(8)4-12)6-20-7-13(14,15)16/h5,9H,3-4,6-7,17H2,1-2H3. The maximum Gasteiger partial charge on any atom is 0.411 e. The van der Waals surface area contributed by atoms with Crippen molar-refractivity contribution in [3.63, 3.8) is 0 Å². The van der Waals surface area contributed by atoms with E-state index < -0.39 is 12.8 Å². The van der Waals surface area contributed by atoms with Gasteiger partial charge < -0.3 is 10.5 Å². The molecule has 2 N–H and O–H groups in total. The van der Waals surface area contributed by atoms with Gasteiger partial charge in [-0.15, -0.1) is 0 Å². The third kappa shape index (κ3) is 3.89. The molecule has 1 unspecified atom stereocenters. The SMILES string of the molecule is CC1(C)Cc2nc(COCC(F)(F)F)ncc2C(N)C1. The Morgan fingerprint density at radius 1 is 1.45 bits per heavy atom. The molecule has 1 aliphatic rings. The van der Waals surface area contributed by atoms with Gasteiger partial charge in [0.25, 0.3) is 0 Å². The van der Waals surface area contributed by atoms with Gasteiger partial charge in [-0.05, 0) is 18.3 Å². The minimum absolute atomic E-state index is 0.0326. The molecule has 112 valence electrons. The summed E-state index contributed by atoms with van der Waals surface area (Å²) in [6.07, 6.45) is -1.15. The second-order valence-corrected chi connectivity index (χ2v) is 5.95. The first-order chi connectivity index (χ1) is 9.16. The predicted octanol–water partition coefficient (Wildman–Crippen LogP) is 2.53. The molecule has 0 saturated heterocycles. The number of alkyl halides is 3. The highest BCUT2D eigenvalue weighted by atomic mass is 19.4. The van der Waals surface area contributed by atoms with Crippen LogP contribution in [0.4, 0.5) is 13.2 Å². The second kappa shape index (κ2) is 5.29. The monoisotopic (exact) mass is 289 g/mol. The molecule has 0 aliphatic heterocycles. The van der Waals surface area contributed by atoms with Gasteiger partial charge in [0.15, 0.2) is 5.82 Å². The fourth-order valence-corrected chi connectivity index (χ4v) is 2.48. The fourth-order valence-electron chi connectivity index (χ4n) is 2.48. The molecule has 0 bridgehead atoms. The summed E-state index contributed by atoms with van der Waals surface area (Å²) in [5.74, 6) is 0.262. The number of nitrogens with zero attached hydrogens (tertiary/aromatic N) is 2. The fraction of sp³-hybridized carbons (Fsp3) is 0.692. The summed E-state index contributed by atoms with van der Waals surface area (Å²) in [5, 5.41) is 0. The lowest BCUT2D eigenvalue weighted by Gasteiger charge is -2.34. The normalized spacial score (nSPS) is 21.6. The molecule has 7 heteroatoms. The van der Waals surface area contributed by atoms with Gasteiger partial charge in [-0.3, -0.25) is 0 Å². The van der Waals surface area contributed by atoms with Gasteiger partial charge >= 0.3 is 6.18 Å². The highest BCUT2D eigenvalue weighted by Crippen LogP contribution is 2.38. The zero-order chi connectivity index (χ0) is 15.0. The van der Waals surface area contributed by atoms with Crippen molar-refractivity contribution >= 4 is 0 Å². The van der Waals surface area contributed by atoms with Crippen molar-refractivity contribution in [1.82, 2.24) is 9.97 Å². The summed E-state index contributed by atoms with van der Waals surface area (Å²) in [6, 6.07) is -0.126. The van der Waals surface area contributed by atoms with Crippen molar-refractivity contribution in [3.8, 4) is 0 Å². The van der Waals surface area contributed by atoms with Crippen LogP contribution >= 0.6 is 0 Å². The number of fused-ring (bicyclic) bond motifs is 1. The Labute approximate surface area is 115 Å². The van der Waals surface area contributed by atoms with Gasteiger partial charge in [-0.2, -0.15) is 13.2 Å². The first-order valence-corrected chi connectivity index (χ1v) is 6.41. The number of halogens is 3. The summed E-state index contributed by atoms with van der Waals surface area (Å²) in [7, 11) is 0. The van der Waals surface area contributed by atoms with E-state index in [4.69, 9.17) is 5.73 Å². The van der Waals surface area contributed by atoms with Crippen LogP contribution in [0.1, 0.15) is 43.4 Å². The molecule has 20 heavy (non-hydrogen) atoms. The molecule has 0 amide bonds. The third-order valence-corrected chi connectivity index (χ3v) is 3.26. The molecule has 0 saturated carbocycles. The van der Waals surface area contributed by atoms with Crippen LogP contribution in [0.3, 0.4) is 0 Å². The Morgan fingerprint density at radius 3 is 2.80 bits per heavy atom. The van der Waals surface area contributed by atoms with Crippen molar-refractivity contribution in [2.24, 2.45) is 11.1 Å². The Hall–Kier alpha value is -1.21. The van der Waals surface area contributed by atoms with E-state index in [0.29, 0.717) is 0 Å². The predicted molar refractivity (Wildman–Crippen MR) is 66.8 cm³/mol. The van der Waals surface area contributed by atoms with Crippen LogP contribution in [-0.2, 0) is 17.8 Å². The quantitative estimate of drug-likeness (QED) is 0.929. The highest BCUT2D eigenvalue weighted by Gasteiger charge is 2.32. The van der Waals surface area contributed by atoms with E-state index in [1.807, 2.05) is 0 Å². The molecular weight excluding hydrogens is 271 g/mol. The van der Waals surface area contributed by atoms with Crippen molar-refractivity contribution in [2.75, 3.05) is 6.61 Å². The van der Waals surface area contributed by atoms with Crippen molar-refractivity contribution in [1.29, 1.82) is 0 Å². The minimum Gasteiger partial charge on any atom is -0.364 e. The average Bonchev–Trinajstić information content (AvgIpc) is 2.24. The van der Waals surface area contributed by atoms with E-state index in [1.165, 1.54) is 0 Å². The van der Waals surface area contributed by atoms with Crippen LogP contribution in [-0.4, -0.2) is 22.8 Å². The number of ether oxygens (including phenoxy) is 1. The van der Waals surface area contributed by atoms with E-state index in [2.05, 4.69) is 28.6 Å². The van der Waals surface area contributed by atoms with Crippen LogP contribution < -0.4 is 5.73 Å². The summed E-state index contributed by atoms with van der Waals surface area (Å²) < 4.78 is 40.6. The van der Waals surface area contributed by atoms with Gasteiger partial charge in [-0.25, -0.2) is 9.97 Å².